The largest absolute Gasteiger partial charge is 0.497 e. The SMILES string of the molecule is COc1ccc(C2CCCN2C(=O)CCn2c(-c3cccc(C)c3)n[nH]c2=S)cc1. The van der Waals surface area contributed by atoms with Crippen LogP contribution in [-0.4, -0.2) is 39.2 Å². The molecule has 1 aliphatic rings. The summed E-state index contributed by atoms with van der Waals surface area (Å²) in [5.41, 5.74) is 3.30. The Morgan fingerprint density at radius 2 is 2.07 bits per heavy atom. The Bertz CT molecular complexity index is 1090. The Hall–Kier alpha value is -2.93. The van der Waals surface area contributed by atoms with Gasteiger partial charge in [-0.05, 0) is 55.7 Å². The number of nitrogens with one attached hydrogen (secondary N) is 1. The molecule has 0 aliphatic carbocycles. The first kappa shape index (κ1) is 20.3. The first-order chi connectivity index (χ1) is 14.6. The Morgan fingerprint density at radius 3 is 2.80 bits per heavy atom. The lowest BCUT2D eigenvalue weighted by atomic mass is 10.0. The molecule has 156 valence electrons. The number of rotatable bonds is 6. The highest BCUT2D eigenvalue weighted by molar-refractivity contribution is 7.71. The van der Waals surface area contributed by atoms with Gasteiger partial charge >= 0.3 is 0 Å². The molecule has 1 fully saturated rings. The minimum atomic E-state index is 0.122. The molecule has 2 heterocycles. The van der Waals surface area contributed by atoms with Crippen LogP contribution in [0.5, 0.6) is 5.75 Å². The normalized spacial score (nSPS) is 16.1. The second-order valence-electron chi connectivity index (χ2n) is 7.64. The third-order valence-corrected chi connectivity index (χ3v) is 5.97. The lowest BCUT2D eigenvalue weighted by molar-refractivity contribution is -0.132. The maximum atomic E-state index is 13.1. The zero-order valence-corrected chi connectivity index (χ0v) is 18.1. The number of hydrogen-bond donors (Lipinski definition) is 1. The maximum absolute atomic E-state index is 13.1. The van der Waals surface area contributed by atoms with Gasteiger partial charge in [0.1, 0.15) is 5.75 Å². The lowest BCUT2D eigenvalue weighted by Crippen LogP contribution is -2.31. The van der Waals surface area contributed by atoms with Crippen LogP contribution in [0.4, 0.5) is 0 Å². The first-order valence-electron chi connectivity index (χ1n) is 10.2. The number of hydrogen-bond acceptors (Lipinski definition) is 4. The third kappa shape index (κ3) is 4.16. The summed E-state index contributed by atoms with van der Waals surface area (Å²) in [5.74, 6) is 1.74. The Balaban J connectivity index is 1.48. The average Bonchev–Trinajstić information content (AvgIpc) is 3.39. The van der Waals surface area contributed by atoms with Crippen molar-refractivity contribution in [3.8, 4) is 17.1 Å². The maximum Gasteiger partial charge on any atom is 0.224 e. The van der Waals surface area contributed by atoms with E-state index in [1.165, 1.54) is 0 Å². The third-order valence-electron chi connectivity index (χ3n) is 5.66. The number of carbonyl (C=O) groups is 1. The van der Waals surface area contributed by atoms with E-state index >= 15 is 0 Å². The van der Waals surface area contributed by atoms with Crippen molar-refractivity contribution in [2.75, 3.05) is 13.7 Å². The standard InChI is InChI=1S/C23H26N4O2S/c1-16-5-3-6-18(15-16)22-24-25-23(30)27(22)14-12-21(28)26-13-4-7-20(26)17-8-10-19(29-2)11-9-17/h3,5-6,8-11,15,20H,4,7,12-14H2,1-2H3,(H,25,30). The predicted molar refractivity (Wildman–Crippen MR) is 119 cm³/mol. The molecule has 2 aromatic carbocycles. The van der Waals surface area contributed by atoms with Gasteiger partial charge in [0.25, 0.3) is 0 Å². The molecule has 0 spiro atoms. The van der Waals surface area contributed by atoms with Crippen LogP contribution in [0, 0.1) is 11.7 Å². The van der Waals surface area contributed by atoms with Gasteiger partial charge in [0.15, 0.2) is 10.6 Å². The zero-order valence-electron chi connectivity index (χ0n) is 17.3. The van der Waals surface area contributed by atoms with Crippen LogP contribution in [0.1, 0.15) is 36.4 Å². The molecule has 30 heavy (non-hydrogen) atoms. The molecule has 4 rings (SSSR count). The van der Waals surface area contributed by atoms with Gasteiger partial charge in [-0.2, -0.15) is 5.10 Å². The second kappa shape index (κ2) is 8.83. The van der Waals surface area contributed by atoms with Crippen molar-refractivity contribution in [3.63, 3.8) is 0 Å². The molecule has 1 aromatic heterocycles. The number of ether oxygens (including phenoxy) is 1. The number of H-pyrrole nitrogens is 1. The van der Waals surface area contributed by atoms with E-state index in [0.717, 1.165) is 47.7 Å². The Morgan fingerprint density at radius 1 is 1.27 bits per heavy atom. The van der Waals surface area contributed by atoms with Gasteiger partial charge < -0.3 is 9.64 Å². The van der Waals surface area contributed by atoms with Crippen LogP contribution < -0.4 is 4.74 Å². The molecule has 3 aromatic rings. The number of nitrogens with zero attached hydrogens (tertiary/aromatic N) is 3. The summed E-state index contributed by atoms with van der Waals surface area (Å²) in [7, 11) is 1.66. The number of methoxy groups -OCH3 is 1. The quantitative estimate of drug-likeness (QED) is 0.586. The minimum Gasteiger partial charge on any atom is -0.497 e. The van der Waals surface area contributed by atoms with Gasteiger partial charge in [-0.1, -0.05) is 35.9 Å². The number of carbonyl (C=O) groups excluding carboxylic acids is 1. The summed E-state index contributed by atoms with van der Waals surface area (Å²) in [6.45, 7) is 3.34. The highest BCUT2D eigenvalue weighted by atomic mass is 32.1. The fraction of sp³-hybridized carbons (Fsp3) is 0.348. The number of likely N-dealkylation sites (tertiary alicyclic amines) is 1. The van der Waals surface area contributed by atoms with E-state index in [1.54, 1.807) is 7.11 Å². The highest BCUT2D eigenvalue weighted by Gasteiger charge is 2.29. The molecule has 1 amide bonds. The molecular weight excluding hydrogens is 396 g/mol. The van der Waals surface area contributed by atoms with Crippen molar-refractivity contribution in [2.45, 2.75) is 38.8 Å². The summed E-state index contributed by atoms with van der Waals surface area (Å²) in [6, 6.07) is 16.3. The fourth-order valence-corrected chi connectivity index (χ4v) is 4.34. The van der Waals surface area contributed by atoms with Crippen molar-refractivity contribution < 1.29 is 9.53 Å². The molecule has 1 atom stereocenters. The van der Waals surface area contributed by atoms with E-state index in [1.807, 2.05) is 46.7 Å². The first-order valence-corrected chi connectivity index (χ1v) is 10.6. The smallest absolute Gasteiger partial charge is 0.224 e. The van der Waals surface area contributed by atoms with Gasteiger partial charge in [0.2, 0.25) is 5.91 Å². The van der Waals surface area contributed by atoms with Crippen molar-refractivity contribution in [1.29, 1.82) is 0 Å². The van der Waals surface area contributed by atoms with Crippen molar-refractivity contribution >= 4 is 18.1 Å². The van der Waals surface area contributed by atoms with Crippen molar-refractivity contribution in [3.05, 3.63) is 64.4 Å². The molecule has 6 nitrogen and oxygen atoms in total. The predicted octanol–water partition coefficient (Wildman–Crippen LogP) is 4.68. The van der Waals surface area contributed by atoms with Crippen LogP contribution in [-0.2, 0) is 11.3 Å². The lowest BCUT2D eigenvalue weighted by Gasteiger charge is -2.25. The number of aryl methyl sites for hydroxylation is 1. The van der Waals surface area contributed by atoms with Gasteiger partial charge in [-0.25, -0.2) is 0 Å². The molecular formula is C23H26N4O2S. The van der Waals surface area contributed by atoms with Gasteiger partial charge in [0.05, 0.1) is 13.2 Å². The molecule has 7 heteroatoms. The summed E-state index contributed by atoms with van der Waals surface area (Å²) in [5, 5.41) is 7.26. The number of benzene rings is 2. The van der Waals surface area contributed by atoms with Crippen molar-refractivity contribution in [1.82, 2.24) is 19.7 Å². The summed E-state index contributed by atoms with van der Waals surface area (Å²) < 4.78 is 7.70. The number of aromatic nitrogens is 3. The van der Waals surface area contributed by atoms with Crippen LogP contribution in [0.15, 0.2) is 48.5 Å². The second-order valence-corrected chi connectivity index (χ2v) is 8.03. The molecule has 0 radical (unpaired) electrons. The topological polar surface area (TPSA) is 63.1 Å². The molecule has 1 unspecified atom stereocenters. The summed E-state index contributed by atoms with van der Waals surface area (Å²) in [6.07, 6.45) is 2.39. The van der Waals surface area contributed by atoms with E-state index in [9.17, 15) is 4.79 Å². The van der Waals surface area contributed by atoms with Gasteiger partial charge in [0, 0.05) is 25.1 Å². The Kier molecular flexibility index (Phi) is 5.99. The van der Waals surface area contributed by atoms with Gasteiger partial charge in [-0.15, -0.1) is 0 Å². The molecule has 1 saturated heterocycles. The van der Waals surface area contributed by atoms with E-state index < -0.39 is 0 Å². The average molecular weight is 423 g/mol. The summed E-state index contributed by atoms with van der Waals surface area (Å²) >= 11 is 5.42. The van der Waals surface area contributed by atoms with E-state index in [-0.39, 0.29) is 11.9 Å². The van der Waals surface area contributed by atoms with Crippen LogP contribution in [0.25, 0.3) is 11.4 Å². The number of aromatic amines is 1. The van der Waals surface area contributed by atoms with Crippen LogP contribution in [0.2, 0.25) is 0 Å². The number of amides is 1. The monoisotopic (exact) mass is 422 g/mol. The van der Waals surface area contributed by atoms with E-state index in [4.69, 9.17) is 17.0 Å². The van der Waals surface area contributed by atoms with Crippen molar-refractivity contribution in [2.24, 2.45) is 0 Å². The Labute approximate surface area is 181 Å². The molecule has 0 saturated carbocycles. The van der Waals surface area contributed by atoms with Gasteiger partial charge in [-0.3, -0.25) is 14.5 Å². The summed E-state index contributed by atoms with van der Waals surface area (Å²) in [4.78, 5) is 15.1. The van der Waals surface area contributed by atoms with Crippen LogP contribution >= 0.6 is 12.2 Å². The fourth-order valence-electron chi connectivity index (χ4n) is 4.12. The van der Waals surface area contributed by atoms with E-state index in [2.05, 4.69) is 28.4 Å². The molecule has 0 bridgehead atoms. The molecule has 1 aliphatic heterocycles. The van der Waals surface area contributed by atoms with Crippen LogP contribution in [0.3, 0.4) is 0 Å². The highest BCUT2D eigenvalue weighted by Crippen LogP contribution is 2.33. The van der Waals surface area contributed by atoms with E-state index in [0.29, 0.717) is 17.7 Å². The zero-order chi connectivity index (χ0) is 21.1. The minimum absolute atomic E-state index is 0.122. The molecule has 1 N–H and O–H groups in total.